The van der Waals surface area contributed by atoms with Gasteiger partial charge in [0, 0.05) is 182 Å². The second kappa shape index (κ2) is 48.2. The maximum atomic E-state index is 11.5. The molecule has 24 nitrogen and oxygen atoms in total. The van der Waals surface area contributed by atoms with Gasteiger partial charge in [0.15, 0.2) is 69.0 Å². The molecule has 0 spiro atoms. The summed E-state index contributed by atoms with van der Waals surface area (Å²) in [4.78, 5) is 6.35. The number of benzene rings is 6. The van der Waals surface area contributed by atoms with Crippen LogP contribution in [-0.2, 0) is 38.5 Å². The maximum Gasteiger partial charge on any atom is 0.161 e. The van der Waals surface area contributed by atoms with E-state index in [1.807, 2.05) is 13.8 Å². The van der Waals surface area contributed by atoms with Crippen LogP contribution in [0.4, 0.5) is 0 Å². The minimum Gasteiger partial charge on any atom is -0.493 e. The van der Waals surface area contributed by atoms with Gasteiger partial charge >= 0.3 is 0 Å². The molecule has 0 amide bonds. The zero-order valence-corrected chi connectivity index (χ0v) is 82.3. The molecule has 12 aliphatic rings. The Bertz CT molecular complexity index is 8700. The van der Waals surface area contributed by atoms with E-state index in [1.54, 1.807) is 18.7 Å². The molecule has 0 bridgehead atoms. The number of piperidine rings is 6. The van der Waals surface area contributed by atoms with Gasteiger partial charge in [0.1, 0.15) is 0 Å². The molecule has 0 aliphatic carbocycles. The molecule has 6 aromatic carbocycles. The Kier molecular flexibility index (Phi) is 15.8. The van der Waals surface area contributed by atoms with E-state index in [0.717, 1.165) is 48.0 Å². The number of rotatable bonds is 20. The fourth-order valence-electron chi connectivity index (χ4n) is 18.0. The van der Waals surface area contributed by atoms with Gasteiger partial charge in [-0.15, -0.1) is 0 Å². The van der Waals surface area contributed by atoms with Crippen LogP contribution in [0.3, 0.4) is 0 Å². The van der Waals surface area contributed by atoms with Crippen LogP contribution in [0.5, 0.6) is 69.0 Å². The lowest BCUT2D eigenvalue weighted by atomic mass is 9.75. The third kappa shape index (κ3) is 27.1. The molecule has 24 heteroatoms. The lowest BCUT2D eigenvalue weighted by Crippen LogP contribution is -2.48. The van der Waals surface area contributed by atoms with E-state index < -0.39 is 402 Å². The third-order valence-corrected chi connectivity index (χ3v) is 24.2. The lowest BCUT2D eigenvalue weighted by molar-refractivity contribution is -0.0259. The molecule has 12 aliphatic heterocycles. The van der Waals surface area contributed by atoms with Gasteiger partial charge in [-0.25, -0.2) is 0 Å². The number of fused-ring (bicyclic) bond motifs is 18. The molecule has 18 unspecified atom stereocenters. The average Bonchev–Trinajstić information content (AvgIpc) is 0.657. The van der Waals surface area contributed by atoms with Crippen molar-refractivity contribution in [2.45, 2.75) is 298 Å². The van der Waals surface area contributed by atoms with Crippen molar-refractivity contribution in [3.05, 3.63) is 139 Å². The molecule has 0 aromatic heterocycles. The topological polar surface area (TPSA) is 252 Å². The molecule has 0 saturated carbocycles. The second-order valence-corrected chi connectivity index (χ2v) is 36.5. The van der Waals surface area contributed by atoms with Gasteiger partial charge in [-0.1, -0.05) is 110 Å². The maximum absolute atomic E-state index is 11.5. The summed E-state index contributed by atoms with van der Waals surface area (Å²) in [5.74, 6) is -20.7. The molecular formula is C118H182N6O18. The van der Waals surface area contributed by atoms with Crippen molar-refractivity contribution in [3.8, 4) is 69.0 Å². The summed E-state index contributed by atoms with van der Waals surface area (Å²) in [5.41, 5.74) is -15.4. The Hall–Kier alpha value is -7.56. The number of aliphatic hydroxyl groups excluding tert-OH is 1. The summed E-state index contributed by atoms with van der Waals surface area (Å²) >= 11 is 0. The molecule has 6 N–H and O–H groups in total. The smallest absolute Gasteiger partial charge is 0.161 e. The molecule has 6 fully saturated rings. The van der Waals surface area contributed by atoms with E-state index >= 15 is 0 Å². The Labute approximate surface area is 965 Å². The quantitative estimate of drug-likeness (QED) is 0.0415. The molecule has 18 rings (SSSR count). The molecule has 792 valence electrons. The number of nitrogens with zero attached hydrogens (tertiary/aromatic N) is 6. The predicted molar refractivity (Wildman–Crippen MR) is 565 cm³/mol. The van der Waals surface area contributed by atoms with Crippen LogP contribution in [0.25, 0.3) is 0 Å². The molecule has 18 atom stereocenters. The molecule has 142 heavy (non-hydrogen) atoms. The highest BCUT2D eigenvalue weighted by atomic mass is 16.5. The van der Waals surface area contributed by atoms with Crippen LogP contribution in [0.1, 0.15) is 399 Å². The van der Waals surface area contributed by atoms with Gasteiger partial charge in [0.2, 0.25) is 0 Å². The minimum atomic E-state index is -4.08. The normalized spacial score (nSPS) is 46.9. The summed E-state index contributed by atoms with van der Waals surface area (Å²) < 4.78 is 731. The Morgan fingerprint density at radius 2 is 0.528 bits per heavy atom. The number of ether oxygens (including phenoxy) is 12. The van der Waals surface area contributed by atoms with Gasteiger partial charge in [-0.05, 0) is 323 Å². The molecule has 6 aromatic rings. The highest BCUT2D eigenvalue weighted by Gasteiger charge is 2.48. The third-order valence-electron chi connectivity index (χ3n) is 24.2. The van der Waals surface area contributed by atoms with Crippen LogP contribution >= 0.6 is 0 Å². The van der Waals surface area contributed by atoms with Gasteiger partial charge in [-0.2, -0.15) is 0 Å². The number of hydrogen-bond donors (Lipinski definition) is 6. The molecular weight excluding hydrogens is 1790 g/mol. The zero-order valence-electron chi connectivity index (χ0n) is 162. The van der Waals surface area contributed by atoms with E-state index in [0.29, 0.717) is 64.6 Å². The second-order valence-electron chi connectivity index (χ2n) is 36.5. The fraction of sp³-hybridized carbons (Fsp3) is 0.695. The minimum absolute atomic E-state index is 0.000599. The van der Waals surface area contributed by atoms with Crippen molar-refractivity contribution in [3.63, 3.8) is 0 Å². The monoisotopic (exact) mass is 2050 g/mol. The largest absolute Gasteiger partial charge is 0.493 e. The summed E-state index contributed by atoms with van der Waals surface area (Å²) in [6.45, 7) is -27.2. The van der Waals surface area contributed by atoms with Crippen LogP contribution in [0.15, 0.2) is 72.5 Å². The van der Waals surface area contributed by atoms with E-state index in [1.165, 1.54) is 40.4 Å². The van der Waals surface area contributed by atoms with Crippen molar-refractivity contribution in [2.75, 3.05) is 164 Å². The molecule has 12 heterocycles. The fourth-order valence-corrected chi connectivity index (χ4v) is 18.0. The van der Waals surface area contributed by atoms with Gasteiger partial charge < -0.3 is 87.5 Å². The lowest BCUT2D eigenvalue weighted by Gasteiger charge is -2.47. The molecule has 6 saturated heterocycles. The Balaban J connectivity index is 0.000000212. The first-order valence-electron chi connectivity index (χ1n) is 85.7. The van der Waals surface area contributed by atoms with Crippen molar-refractivity contribution in [1.82, 2.24) is 29.4 Å². The summed E-state index contributed by atoms with van der Waals surface area (Å²) in [5, 5.41) is 67.8. The number of hydrogen-bond acceptors (Lipinski definition) is 24. The van der Waals surface area contributed by atoms with Gasteiger partial charge in [0.25, 0.3) is 0 Å². The highest BCUT2D eigenvalue weighted by molar-refractivity contribution is 5.55. The van der Waals surface area contributed by atoms with Crippen LogP contribution < -0.4 is 56.8 Å². The Morgan fingerprint density at radius 1 is 0.317 bits per heavy atom. The predicted octanol–water partition coefficient (Wildman–Crippen LogP) is 19.7. The zero-order chi connectivity index (χ0) is 173. The first-order valence-corrected chi connectivity index (χ1v) is 45.7. The van der Waals surface area contributed by atoms with Crippen molar-refractivity contribution in [2.24, 2.45) is 68.9 Å². The Morgan fingerprint density at radius 3 is 0.761 bits per heavy atom. The summed E-state index contributed by atoms with van der Waals surface area (Å²) in [7, 11) is 1.54. The van der Waals surface area contributed by atoms with E-state index in [2.05, 4.69) is 0 Å². The molecule has 0 radical (unpaired) electrons. The standard InChI is InChI=1S/4C20H31NO3.2C19H29NO3/c4*1-20(2,3)11-14-12-21-7-6-13-8-18(23-4)19(24-5)9-15(13)16(21)10-17(14)22;2*1-12(2)7-14-11-20-6-5-13-8-18(22-3)19(23-4)9-15(13)16(20)10-17(14)21/h4*8-9,14,16-17,22H,6-7,10-12H2,1-5H3;2*8-9,12,14,16-17,21H,5-7,10-11H2,1-4H3/i2*1D3,2D3,5D3,8D,9D,10D2,11D2,14D,16D,17D;2*1D3,2D3,8D,9D,10D2,11D2,14D,16D,17D;4D3,8D,9D,10D2,14D,16D,17D;8D,9D,11D2. The highest BCUT2D eigenvalue weighted by Crippen LogP contribution is 2.53. The van der Waals surface area contributed by atoms with Crippen molar-refractivity contribution < 1.29 is 197 Å². The summed E-state index contributed by atoms with van der Waals surface area (Å²) in [6, 6.07) is -20.5. The summed E-state index contributed by atoms with van der Waals surface area (Å²) in [6.07, 6.45) is -52.5. The van der Waals surface area contributed by atoms with Crippen molar-refractivity contribution in [1.29, 1.82) is 0 Å². The van der Waals surface area contributed by atoms with E-state index in [-0.39, 0.29) is 180 Å². The van der Waals surface area contributed by atoms with Crippen molar-refractivity contribution >= 4 is 0 Å². The first-order chi connectivity index (χ1) is 99.0. The SMILES string of the molecule is [2H]c1c2c(c([2H])c(OC([2H])([2H])[2H])c1OC)C1([2H])N(CC2)CC([2H])(C([2H])([2H])C(C)(C([2H])([2H])[2H])C([2H])([2H])[2H])C([2H])(O)C1([2H])[2H].[2H]c1c2c(c([2H])c(OC([2H])([2H])[2H])c1OC)C1([2H])N(CC2)CC([2H])(C([2H])([2H])C(C)(C([2H])([2H])[2H])C([2H])([2H])[2H])C([2H])(O)C1([2H])[2H].[2H]c1c2c(c([2H])c(OC([2H])([2H])[2H])c1OC)C1([2H])N(CC2)CC([2H])(CC(C)C)C([2H])(O)C1([2H])[2H].[2H]c1c2c(c([2H])c(OC)c1OC)C1([2H])N(CC2)CC([2H])(C([2H])([2H])C(C)(C([2H])([2H])[2H])C([2H])([2H])[2H])C([2H])(O)C1([2H])[2H].[2H]c1c2c(c([2H])c(OC)c1OC)C1([2H])N(CC2)CC([2H])(C([2H])([2H])C(C)(C([2H])([2H])[2H])C([2H])([2H])[2H])C([2H])(O)C1([2H])[2H].[2H]c1c2c(c([2H])c(OC)c1OC)C1CC(O)C(CC(C)C)C([2H])([2H])N1CC2. The number of aliphatic hydroxyl groups is 6. The van der Waals surface area contributed by atoms with Crippen LogP contribution in [0, 0.1) is 68.9 Å². The average molecular weight is 2050 g/mol. The van der Waals surface area contributed by atoms with Gasteiger partial charge in [0.05, 0.1) is 164 Å². The first kappa shape index (κ1) is 46.7. The van der Waals surface area contributed by atoms with Crippen LogP contribution in [-0.4, -0.2) is 260 Å². The van der Waals surface area contributed by atoms with E-state index in [4.69, 9.17) is 160 Å². The number of methoxy groups -OCH3 is 12. The van der Waals surface area contributed by atoms with Crippen LogP contribution in [0.2, 0.25) is 0 Å². The van der Waals surface area contributed by atoms with Gasteiger partial charge in [-0.3, -0.25) is 29.4 Å². The van der Waals surface area contributed by atoms with E-state index in [9.17, 15) is 37.5 Å².